The third kappa shape index (κ3) is 65.3. The molecule has 0 amide bonds. The summed E-state index contributed by atoms with van der Waals surface area (Å²) in [6.07, 6.45) is 88.7. The number of hydrogen-bond acceptors (Lipinski definition) is 6. The fourth-order valence-electron chi connectivity index (χ4n) is 9.80. The Balaban J connectivity index is 4.38. The molecule has 0 aromatic rings. The van der Waals surface area contributed by atoms with Crippen LogP contribution in [0.25, 0.3) is 0 Å². The number of carbonyl (C=O) groups excluding carboxylic acids is 3. The maximum atomic E-state index is 12.9. The molecule has 0 aliphatic rings. The van der Waals surface area contributed by atoms with Crippen molar-refractivity contribution in [3.63, 3.8) is 0 Å². The predicted octanol–water partition coefficient (Wildman–Crippen LogP) is 23.4. The molecular formula is C73H128O6. The van der Waals surface area contributed by atoms with Gasteiger partial charge in [-0.2, -0.15) is 0 Å². The van der Waals surface area contributed by atoms with Crippen LogP contribution in [0.15, 0.2) is 85.1 Å². The van der Waals surface area contributed by atoms with Gasteiger partial charge in [0.15, 0.2) is 6.10 Å². The standard InChI is InChI=1S/C73H128O6/c1-4-7-10-13-16-19-22-25-28-31-34-35-36-37-38-39-40-43-45-48-51-54-57-60-63-66-72(75)78-69-70(79-73(76)67-64-61-58-55-52-49-46-42-33-30-27-24-21-18-15-12-9-6-3)68-77-71(74)65-62-59-56-53-50-47-44-41-32-29-26-23-20-17-14-11-8-5-2/h7,10,16,19,25,28,30,33-35,37-38,40,43,70H,4-6,8-9,11-15,17-18,20-24,26-27,29,31-32,36,39,41-42,44-69H2,1-3H3/b10-7-,19-16-,28-25-,33-30-,35-34-,38-37-,43-40-. The molecule has 1 atom stereocenters. The van der Waals surface area contributed by atoms with Crippen molar-refractivity contribution in [1.29, 1.82) is 0 Å². The highest BCUT2D eigenvalue weighted by Crippen LogP contribution is 2.17. The van der Waals surface area contributed by atoms with Crippen molar-refractivity contribution >= 4 is 17.9 Å². The number of unbranched alkanes of at least 4 members (excludes halogenated alkanes) is 37. The molecular weight excluding hydrogens is 973 g/mol. The Hall–Kier alpha value is -3.41. The first kappa shape index (κ1) is 75.6. The Morgan fingerprint density at radius 2 is 0.494 bits per heavy atom. The first-order chi connectivity index (χ1) is 39.0. The Morgan fingerprint density at radius 3 is 0.785 bits per heavy atom. The summed E-state index contributed by atoms with van der Waals surface area (Å²) >= 11 is 0. The lowest BCUT2D eigenvalue weighted by molar-refractivity contribution is -0.167. The van der Waals surface area contributed by atoms with Crippen molar-refractivity contribution in [2.45, 2.75) is 348 Å². The summed E-state index contributed by atoms with van der Waals surface area (Å²) in [4.78, 5) is 38.4. The molecule has 0 radical (unpaired) electrons. The lowest BCUT2D eigenvalue weighted by Gasteiger charge is -2.18. The molecule has 0 saturated heterocycles. The zero-order chi connectivity index (χ0) is 57.1. The largest absolute Gasteiger partial charge is 0.462 e. The number of hydrogen-bond donors (Lipinski definition) is 0. The minimum Gasteiger partial charge on any atom is -0.462 e. The summed E-state index contributed by atoms with van der Waals surface area (Å²) in [6.45, 7) is 6.56. The number of ether oxygens (including phenoxy) is 3. The number of esters is 3. The van der Waals surface area contributed by atoms with Gasteiger partial charge in [-0.15, -0.1) is 0 Å². The Kier molecular flexibility index (Phi) is 64.2. The predicted molar refractivity (Wildman–Crippen MR) is 344 cm³/mol. The first-order valence-electron chi connectivity index (χ1n) is 34.1. The van der Waals surface area contributed by atoms with E-state index in [9.17, 15) is 14.4 Å². The summed E-state index contributed by atoms with van der Waals surface area (Å²) in [5.41, 5.74) is 0. The van der Waals surface area contributed by atoms with Gasteiger partial charge >= 0.3 is 17.9 Å². The van der Waals surface area contributed by atoms with Gasteiger partial charge in [-0.1, -0.05) is 311 Å². The Morgan fingerprint density at radius 1 is 0.266 bits per heavy atom. The molecule has 0 saturated carbocycles. The summed E-state index contributed by atoms with van der Waals surface area (Å²) < 4.78 is 17.0. The number of carbonyl (C=O) groups is 3. The van der Waals surface area contributed by atoms with Gasteiger partial charge in [-0.25, -0.2) is 0 Å². The first-order valence-corrected chi connectivity index (χ1v) is 34.1. The second kappa shape index (κ2) is 67.1. The van der Waals surface area contributed by atoms with E-state index in [0.29, 0.717) is 19.3 Å². The third-order valence-electron chi connectivity index (χ3n) is 14.9. The van der Waals surface area contributed by atoms with Crippen LogP contribution in [0.3, 0.4) is 0 Å². The van der Waals surface area contributed by atoms with Gasteiger partial charge in [0.2, 0.25) is 0 Å². The number of rotatable bonds is 62. The van der Waals surface area contributed by atoms with E-state index < -0.39 is 6.10 Å². The van der Waals surface area contributed by atoms with Gasteiger partial charge in [0.25, 0.3) is 0 Å². The molecule has 0 aliphatic carbocycles. The normalized spacial score (nSPS) is 12.6. The average Bonchev–Trinajstić information content (AvgIpc) is 3.45. The fraction of sp³-hybridized carbons (Fsp3) is 0.767. The molecule has 0 fully saturated rings. The minimum atomic E-state index is -0.786. The van der Waals surface area contributed by atoms with E-state index in [1.165, 1.54) is 193 Å². The highest BCUT2D eigenvalue weighted by atomic mass is 16.6. The van der Waals surface area contributed by atoms with E-state index in [4.69, 9.17) is 14.2 Å². The van der Waals surface area contributed by atoms with Gasteiger partial charge in [0.05, 0.1) is 0 Å². The number of allylic oxidation sites excluding steroid dienone is 14. The maximum Gasteiger partial charge on any atom is 0.306 e. The van der Waals surface area contributed by atoms with Crippen LogP contribution >= 0.6 is 0 Å². The van der Waals surface area contributed by atoms with Crippen molar-refractivity contribution in [1.82, 2.24) is 0 Å². The molecule has 79 heavy (non-hydrogen) atoms. The van der Waals surface area contributed by atoms with Crippen LogP contribution in [0.1, 0.15) is 342 Å². The minimum absolute atomic E-state index is 0.0796. The molecule has 6 heteroatoms. The SMILES string of the molecule is CC/C=C\C/C=C\C/C=C\C/C=C\C/C=C\C/C=C\CCCCCCCCC(=O)OCC(COC(=O)CCCCCCCCCCCCCCCCCCCC)OC(=O)CCCCCCCCC/C=C\CCCCCCCCC. The Labute approximate surface area is 490 Å². The van der Waals surface area contributed by atoms with E-state index >= 15 is 0 Å². The topological polar surface area (TPSA) is 78.9 Å². The van der Waals surface area contributed by atoms with Gasteiger partial charge in [0.1, 0.15) is 13.2 Å². The highest BCUT2D eigenvalue weighted by Gasteiger charge is 2.19. The molecule has 1 unspecified atom stereocenters. The van der Waals surface area contributed by atoms with Crippen LogP contribution in [0.5, 0.6) is 0 Å². The maximum absolute atomic E-state index is 12.9. The van der Waals surface area contributed by atoms with Crippen LogP contribution < -0.4 is 0 Å². The summed E-state index contributed by atoms with van der Waals surface area (Å²) in [5.74, 6) is -0.881. The average molecular weight is 1100 g/mol. The quantitative estimate of drug-likeness (QED) is 0.0261. The molecule has 6 nitrogen and oxygen atoms in total. The van der Waals surface area contributed by atoms with E-state index in [1.54, 1.807) is 0 Å². The van der Waals surface area contributed by atoms with Crippen LogP contribution in [0.4, 0.5) is 0 Å². The molecule has 0 rings (SSSR count). The lowest BCUT2D eigenvalue weighted by Crippen LogP contribution is -2.30. The Bertz CT molecular complexity index is 1500. The molecule has 456 valence electrons. The highest BCUT2D eigenvalue weighted by molar-refractivity contribution is 5.71. The van der Waals surface area contributed by atoms with Gasteiger partial charge in [-0.05, 0) is 96.3 Å². The van der Waals surface area contributed by atoms with E-state index in [1.807, 2.05) is 0 Å². The van der Waals surface area contributed by atoms with Crippen molar-refractivity contribution in [2.24, 2.45) is 0 Å². The van der Waals surface area contributed by atoms with E-state index in [-0.39, 0.29) is 31.1 Å². The molecule has 0 aromatic heterocycles. The van der Waals surface area contributed by atoms with Crippen molar-refractivity contribution < 1.29 is 28.6 Å². The fourth-order valence-corrected chi connectivity index (χ4v) is 9.80. The molecule has 0 heterocycles. The lowest BCUT2D eigenvalue weighted by atomic mass is 10.0. The summed E-state index contributed by atoms with van der Waals surface area (Å²) in [6, 6.07) is 0. The monoisotopic (exact) mass is 1100 g/mol. The smallest absolute Gasteiger partial charge is 0.306 e. The van der Waals surface area contributed by atoms with Crippen molar-refractivity contribution in [3.8, 4) is 0 Å². The van der Waals surface area contributed by atoms with Crippen LogP contribution in [0.2, 0.25) is 0 Å². The van der Waals surface area contributed by atoms with Crippen LogP contribution in [0, 0.1) is 0 Å². The summed E-state index contributed by atoms with van der Waals surface area (Å²) in [5, 5.41) is 0. The van der Waals surface area contributed by atoms with E-state index in [0.717, 1.165) is 109 Å². The zero-order valence-electron chi connectivity index (χ0n) is 52.4. The van der Waals surface area contributed by atoms with Crippen molar-refractivity contribution in [2.75, 3.05) is 13.2 Å². The molecule has 0 aliphatic heterocycles. The van der Waals surface area contributed by atoms with Crippen LogP contribution in [-0.4, -0.2) is 37.2 Å². The molecule has 0 aromatic carbocycles. The third-order valence-corrected chi connectivity index (χ3v) is 14.9. The second-order valence-electron chi connectivity index (χ2n) is 22.7. The van der Waals surface area contributed by atoms with Gasteiger partial charge in [0, 0.05) is 19.3 Å². The van der Waals surface area contributed by atoms with E-state index in [2.05, 4.69) is 106 Å². The second-order valence-corrected chi connectivity index (χ2v) is 22.7. The zero-order valence-corrected chi connectivity index (χ0v) is 52.4. The van der Waals surface area contributed by atoms with Crippen molar-refractivity contribution in [3.05, 3.63) is 85.1 Å². The van der Waals surface area contributed by atoms with Gasteiger partial charge in [-0.3, -0.25) is 14.4 Å². The molecule has 0 N–H and O–H groups in total. The molecule has 0 bridgehead atoms. The summed E-state index contributed by atoms with van der Waals surface area (Å²) in [7, 11) is 0. The van der Waals surface area contributed by atoms with Crippen LogP contribution in [-0.2, 0) is 28.6 Å². The van der Waals surface area contributed by atoms with Gasteiger partial charge < -0.3 is 14.2 Å². The molecule has 0 spiro atoms.